The monoisotopic (exact) mass is 370 g/mol. The first-order chi connectivity index (χ1) is 13.1. The number of carbonyl (C=O) groups excluding carboxylic acids is 1. The quantitative estimate of drug-likeness (QED) is 0.724. The van der Waals surface area contributed by atoms with Crippen molar-refractivity contribution < 1.29 is 9.18 Å². The predicted octanol–water partition coefficient (Wildman–Crippen LogP) is 2.46. The van der Waals surface area contributed by atoms with Gasteiger partial charge in [0, 0.05) is 30.1 Å². The molecule has 0 spiro atoms. The minimum Gasteiger partial charge on any atom is -0.368 e. The Bertz CT molecular complexity index is 817. The van der Waals surface area contributed by atoms with Crippen LogP contribution in [-0.4, -0.2) is 33.8 Å². The van der Waals surface area contributed by atoms with Gasteiger partial charge in [-0.15, -0.1) is 5.10 Å². The molecule has 2 aromatic heterocycles. The number of pyridine rings is 1. The van der Waals surface area contributed by atoms with Crippen molar-refractivity contribution in [1.82, 2.24) is 20.5 Å². The first-order valence-corrected chi connectivity index (χ1v) is 9.30. The average molecular weight is 370 g/mol. The van der Waals surface area contributed by atoms with Gasteiger partial charge in [-0.1, -0.05) is 6.42 Å². The van der Waals surface area contributed by atoms with Crippen molar-refractivity contribution in [1.29, 1.82) is 0 Å². The van der Waals surface area contributed by atoms with E-state index in [1.54, 1.807) is 12.3 Å². The van der Waals surface area contributed by atoms with Gasteiger partial charge in [0.2, 0.25) is 0 Å². The summed E-state index contributed by atoms with van der Waals surface area (Å²) in [4.78, 5) is 15.1. The lowest BCUT2D eigenvalue weighted by atomic mass is 9.66. The number of urea groups is 1. The normalized spacial score (nSPS) is 23.0. The number of carbonyl (C=O) groups is 1. The Labute approximate surface area is 157 Å². The summed E-state index contributed by atoms with van der Waals surface area (Å²) in [6.45, 7) is 0.586. The molecule has 142 valence electrons. The fourth-order valence-corrected chi connectivity index (χ4v) is 3.97. The average Bonchev–Trinajstić information content (AvgIpc) is 2.59. The number of nitrogens with one attached hydrogen (secondary N) is 2. The molecular formula is C19H23FN6O. The van der Waals surface area contributed by atoms with Crippen molar-refractivity contribution in [2.45, 2.75) is 49.5 Å². The van der Waals surface area contributed by atoms with Crippen LogP contribution in [0.2, 0.25) is 0 Å². The van der Waals surface area contributed by atoms with E-state index < -0.39 is 6.03 Å². The van der Waals surface area contributed by atoms with Crippen molar-refractivity contribution in [2.24, 2.45) is 5.73 Å². The van der Waals surface area contributed by atoms with E-state index in [-0.39, 0.29) is 17.3 Å². The summed E-state index contributed by atoms with van der Waals surface area (Å²) in [6.07, 6.45) is 6.20. The molecule has 2 fully saturated rings. The van der Waals surface area contributed by atoms with Crippen LogP contribution in [0.4, 0.5) is 15.0 Å². The molecule has 0 atom stereocenters. The Morgan fingerprint density at radius 2 is 2.07 bits per heavy atom. The van der Waals surface area contributed by atoms with Crippen LogP contribution in [0.15, 0.2) is 30.5 Å². The minimum absolute atomic E-state index is 0.124. The summed E-state index contributed by atoms with van der Waals surface area (Å²) in [7, 11) is 0. The molecule has 0 saturated heterocycles. The van der Waals surface area contributed by atoms with E-state index in [0.717, 1.165) is 37.8 Å². The van der Waals surface area contributed by atoms with Gasteiger partial charge in [0.25, 0.3) is 0 Å². The Hall–Kier alpha value is -2.77. The van der Waals surface area contributed by atoms with E-state index in [0.29, 0.717) is 24.0 Å². The number of aromatic nitrogens is 3. The molecule has 2 aliphatic rings. The summed E-state index contributed by atoms with van der Waals surface area (Å²) >= 11 is 0. The zero-order valence-corrected chi connectivity index (χ0v) is 15.0. The minimum atomic E-state index is -0.488. The molecule has 8 heteroatoms. The molecule has 27 heavy (non-hydrogen) atoms. The molecule has 2 aromatic rings. The van der Waals surface area contributed by atoms with E-state index in [9.17, 15) is 9.18 Å². The molecule has 7 nitrogen and oxygen atoms in total. The second-order valence-corrected chi connectivity index (χ2v) is 7.54. The van der Waals surface area contributed by atoms with Gasteiger partial charge >= 0.3 is 6.03 Å². The van der Waals surface area contributed by atoms with Crippen LogP contribution in [0.25, 0.3) is 0 Å². The van der Waals surface area contributed by atoms with Crippen LogP contribution < -0.4 is 16.4 Å². The number of rotatable bonds is 6. The Morgan fingerprint density at radius 1 is 1.26 bits per heavy atom. The number of primary amides is 1. The zero-order valence-electron chi connectivity index (χ0n) is 15.0. The van der Waals surface area contributed by atoms with Crippen molar-refractivity contribution in [3.05, 3.63) is 47.7 Å². The highest BCUT2D eigenvalue weighted by atomic mass is 19.1. The molecule has 4 N–H and O–H groups in total. The molecule has 0 bridgehead atoms. The van der Waals surface area contributed by atoms with Gasteiger partial charge in [-0.25, -0.2) is 9.18 Å². The topological polar surface area (TPSA) is 106 Å². The highest BCUT2D eigenvalue weighted by Crippen LogP contribution is 2.43. The number of nitrogens with zero attached hydrogens (tertiary/aromatic N) is 3. The standard InChI is InChI=1S/C19H23FN6O/c20-14-3-1-8-22-17(14)19(6-2-7-19)11-23-16-5-4-15(25-26-16)12-9-13(10-12)24-18(21)27/h1,3-5,8,12-13H,2,6-7,9-11H2,(H,23,26)(H3,21,24,27)/t12-,13+. The van der Waals surface area contributed by atoms with Crippen LogP contribution in [0.5, 0.6) is 0 Å². The van der Waals surface area contributed by atoms with Gasteiger partial charge in [0.1, 0.15) is 11.6 Å². The van der Waals surface area contributed by atoms with E-state index in [1.807, 2.05) is 12.1 Å². The second-order valence-electron chi connectivity index (χ2n) is 7.54. The molecule has 2 saturated carbocycles. The summed E-state index contributed by atoms with van der Waals surface area (Å²) in [5.41, 5.74) is 6.31. The maximum atomic E-state index is 14.2. The number of anilines is 1. The fourth-order valence-electron chi connectivity index (χ4n) is 3.97. The van der Waals surface area contributed by atoms with Crippen molar-refractivity contribution in [3.63, 3.8) is 0 Å². The smallest absolute Gasteiger partial charge is 0.312 e. The van der Waals surface area contributed by atoms with Gasteiger partial charge < -0.3 is 16.4 Å². The highest BCUT2D eigenvalue weighted by Gasteiger charge is 2.41. The molecule has 2 aliphatic carbocycles. The van der Waals surface area contributed by atoms with Gasteiger partial charge in [0.15, 0.2) is 0 Å². The summed E-state index contributed by atoms with van der Waals surface area (Å²) in [5, 5.41) is 14.6. The van der Waals surface area contributed by atoms with E-state index in [2.05, 4.69) is 25.8 Å². The predicted molar refractivity (Wildman–Crippen MR) is 98.7 cm³/mol. The van der Waals surface area contributed by atoms with Gasteiger partial charge in [-0.05, 0) is 49.9 Å². The summed E-state index contributed by atoms with van der Waals surface area (Å²) in [6, 6.07) is 6.58. The van der Waals surface area contributed by atoms with Crippen LogP contribution in [0.1, 0.15) is 49.4 Å². The third kappa shape index (κ3) is 3.56. The largest absolute Gasteiger partial charge is 0.368 e. The van der Waals surface area contributed by atoms with Crippen molar-refractivity contribution in [2.75, 3.05) is 11.9 Å². The highest BCUT2D eigenvalue weighted by molar-refractivity contribution is 5.72. The zero-order chi connectivity index (χ0) is 18.9. The van der Waals surface area contributed by atoms with E-state index in [4.69, 9.17) is 5.73 Å². The van der Waals surface area contributed by atoms with Gasteiger partial charge in [-0.3, -0.25) is 4.98 Å². The lowest BCUT2D eigenvalue weighted by molar-refractivity contribution is 0.229. The lowest BCUT2D eigenvalue weighted by Crippen LogP contribution is -2.45. The molecule has 0 unspecified atom stereocenters. The molecule has 0 aliphatic heterocycles. The molecule has 2 heterocycles. The number of halogens is 1. The van der Waals surface area contributed by atoms with E-state index >= 15 is 0 Å². The van der Waals surface area contributed by atoms with Gasteiger partial charge in [0.05, 0.1) is 11.4 Å². The molecule has 4 rings (SSSR count). The number of hydrogen-bond donors (Lipinski definition) is 3. The summed E-state index contributed by atoms with van der Waals surface area (Å²) in [5.74, 6) is 0.723. The third-order valence-corrected chi connectivity index (χ3v) is 5.77. The van der Waals surface area contributed by atoms with Crippen molar-refractivity contribution in [3.8, 4) is 0 Å². The van der Waals surface area contributed by atoms with Crippen molar-refractivity contribution >= 4 is 11.8 Å². The van der Waals surface area contributed by atoms with Crippen LogP contribution in [-0.2, 0) is 5.41 Å². The number of hydrogen-bond acceptors (Lipinski definition) is 5. The van der Waals surface area contributed by atoms with E-state index in [1.165, 1.54) is 6.07 Å². The Balaban J connectivity index is 1.35. The first kappa shape index (κ1) is 17.6. The Morgan fingerprint density at radius 3 is 2.67 bits per heavy atom. The second kappa shape index (κ2) is 7.09. The lowest BCUT2D eigenvalue weighted by Gasteiger charge is -2.41. The molecule has 0 radical (unpaired) electrons. The Kier molecular flexibility index (Phi) is 4.63. The van der Waals surface area contributed by atoms with Crippen LogP contribution >= 0.6 is 0 Å². The maximum absolute atomic E-state index is 14.2. The number of amides is 2. The first-order valence-electron chi connectivity index (χ1n) is 9.30. The summed E-state index contributed by atoms with van der Waals surface area (Å²) < 4.78 is 14.2. The molecular weight excluding hydrogens is 347 g/mol. The SMILES string of the molecule is NC(=O)N[C@H]1C[C@@H](c2ccc(NCC3(c4ncccc4F)CCC3)nn2)C1. The van der Waals surface area contributed by atoms with Crippen LogP contribution in [0, 0.1) is 5.82 Å². The third-order valence-electron chi connectivity index (χ3n) is 5.77. The fraction of sp³-hybridized carbons (Fsp3) is 0.474. The number of nitrogens with two attached hydrogens (primary N) is 1. The molecule has 0 aromatic carbocycles. The maximum Gasteiger partial charge on any atom is 0.312 e. The van der Waals surface area contributed by atoms with Gasteiger partial charge in [-0.2, -0.15) is 5.10 Å². The molecule has 2 amide bonds. The van der Waals surface area contributed by atoms with Crippen LogP contribution in [0.3, 0.4) is 0 Å².